The topological polar surface area (TPSA) is 72.7 Å². The molecular formula is C20H16ClN5O. The van der Waals surface area contributed by atoms with Crippen LogP contribution >= 0.6 is 11.6 Å². The zero-order valence-electron chi connectivity index (χ0n) is 14.3. The molecule has 0 saturated carbocycles. The molecule has 0 unspecified atom stereocenters. The van der Waals surface area contributed by atoms with Gasteiger partial charge >= 0.3 is 0 Å². The number of carbonyl (C=O) groups is 1. The highest BCUT2D eigenvalue weighted by Gasteiger charge is 2.13. The van der Waals surface area contributed by atoms with Crippen molar-refractivity contribution in [3.05, 3.63) is 83.1 Å². The molecule has 6 nitrogen and oxygen atoms in total. The van der Waals surface area contributed by atoms with Crippen molar-refractivity contribution in [1.82, 2.24) is 19.7 Å². The number of aromatic nitrogens is 4. The Morgan fingerprint density at radius 1 is 1.00 bits per heavy atom. The SMILES string of the molecule is O=C(Nc1nc(Cl)c2cn(CCc3ccccc3)nc2n1)c1ccccc1. The summed E-state index contributed by atoms with van der Waals surface area (Å²) in [6.07, 6.45) is 2.67. The summed E-state index contributed by atoms with van der Waals surface area (Å²) >= 11 is 6.27. The average Bonchev–Trinajstić information content (AvgIpc) is 3.11. The number of nitrogens with zero attached hydrogens (tertiary/aromatic N) is 4. The molecule has 0 fully saturated rings. The maximum absolute atomic E-state index is 12.3. The first kappa shape index (κ1) is 17.2. The van der Waals surface area contributed by atoms with Gasteiger partial charge in [0.15, 0.2) is 5.65 Å². The third kappa shape index (κ3) is 3.96. The third-order valence-corrected chi connectivity index (χ3v) is 4.40. The zero-order valence-corrected chi connectivity index (χ0v) is 15.1. The maximum Gasteiger partial charge on any atom is 0.258 e. The molecule has 2 aromatic heterocycles. The van der Waals surface area contributed by atoms with E-state index in [0.717, 1.165) is 6.42 Å². The van der Waals surface area contributed by atoms with E-state index >= 15 is 0 Å². The molecule has 0 aliphatic rings. The van der Waals surface area contributed by atoms with Crippen molar-refractivity contribution >= 4 is 34.5 Å². The van der Waals surface area contributed by atoms with E-state index in [1.165, 1.54) is 5.56 Å². The summed E-state index contributed by atoms with van der Waals surface area (Å²) < 4.78 is 1.79. The molecule has 2 heterocycles. The van der Waals surface area contributed by atoms with E-state index in [2.05, 4.69) is 32.5 Å². The van der Waals surface area contributed by atoms with Crippen LogP contribution in [0.2, 0.25) is 5.15 Å². The van der Waals surface area contributed by atoms with Crippen molar-refractivity contribution in [1.29, 1.82) is 0 Å². The molecule has 2 aromatic carbocycles. The number of benzene rings is 2. The summed E-state index contributed by atoms with van der Waals surface area (Å²) in [5, 5.41) is 8.04. The number of nitrogens with one attached hydrogen (secondary N) is 1. The van der Waals surface area contributed by atoms with E-state index in [-0.39, 0.29) is 17.0 Å². The monoisotopic (exact) mass is 377 g/mol. The van der Waals surface area contributed by atoms with Gasteiger partial charge in [0.2, 0.25) is 5.95 Å². The molecule has 0 aliphatic carbocycles. The van der Waals surface area contributed by atoms with E-state index < -0.39 is 0 Å². The molecule has 27 heavy (non-hydrogen) atoms. The number of hydrogen-bond acceptors (Lipinski definition) is 4. The van der Waals surface area contributed by atoms with Crippen LogP contribution in [0.1, 0.15) is 15.9 Å². The summed E-state index contributed by atoms with van der Waals surface area (Å²) in [4.78, 5) is 20.8. The highest BCUT2D eigenvalue weighted by atomic mass is 35.5. The first-order chi connectivity index (χ1) is 13.2. The van der Waals surface area contributed by atoms with Crippen LogP contribution in [0.5, 0.6) is 0 Å². The Bertz CT molecular complexity index is 1080. The minimum atomic E-state index is -0.297. The smallest absolute Gasteiger partial charge is 0.258 e. The first-order valence-electron chi connectivity index (χ1n) is 8.50. The van der Waals surface area contributed by atoms with Crippen LogP contribution in [-0.4, -0.2) is 25.7 Å². The number of carbonyl (C=O) groups excluding carboxylic acids is 1. The van der Waals surface area contributed by atoms with E-state index in [1.54, 1.807) is 28.9 Å². The summed E-state index contributed by atoms with van der Waals surface area (Å²) in [5.74, 6) is -0.163. The van der Waals surface area contributed by atoms with Gasteiger partial charge in [-0.1, -0.05) is 60.1 Å². The molecule has 0 spiro atoms. The Labute approximate surface area is 160 Å². The van der Waals surface area contributed by atoms with Gasteiger partial charge < -0.3 is 0 Å². The van der Waals surface area contributed by atoms with Crippen molar-refractivity contribution < 1.29 is 4.79 Å². The molecule has 4 rings (SSSR count). The Balaban J connectivity index is 1.53. The van der Waals surface area contributed by atoms with Crippen LogP contribution in [0, 0.1) is 0 Å². The minimum absolute atomic E-state index is 0.134. The second kappa shape index (κ2) is 7.55. The standard InChI is InChI=1S/C20H16ClN5O/c21-17-16-13-26(12-11-14-7-3-1-4-8-14)25-18(16)23-20(22-17)24-19(27)15-9-5-2-6-10-15/h1-10,13H,11-12H2,(H,23,24,25,27). The molecular weight excluding hydrogens is 362 g/mol. The summed E-state index contributed by atoms with van der Waals surface area (Å²) in [6.45, 7) is 0.697. The lowest BCUT2D eigenvalue weighted by Crippen LogP contribution is -2.14. The molecule has 7 heteroatoms. The molecule has 0 saturated heterocycles. The fourth-order valence-electron chi connectivity index (χ4n) is 2.74. The molecule has 4 aromatic rings. The molecule has 134 valence electrons. The predicted molar refractivity (Wildman–Crippen MR) is 105 cm³/mol. The predicted octanol–water partition coefficient (Wildman–Crippen LogP) is 3.97. The van der Waals surface area contributed by atoms with E-state index in [0.29, 0.717) is 23.1 Å². The lowest BCUT2D eigenvalue weighted by molar-refractivity contribution is 0.102. The Morgan fingerprint density at radius 3 is 2.44 bits per heavy atom. The number of fused-ring (bicyclic) bond motifs is 1. The number of anilines is 1. The Hall–Kier alpha value is -3.25. The van der Waals surface area contributed by atoms with Crippen molar-refractivity contribution in [2.45, 2.75) is 13.0 Å². The normalized spacial score (nSPS) is 10.9. The molecule has 0 bridgehead atoms. The van der Waals surface area contributed by atoms with Gasteiger partial charge in [-0.15, -0.1) is 0 Å². The van der Waals surface area contributed by atoms with Crippen LogP contribution in [0.4, 0.5) is 5.95 Å². The minimum Gasteiger partial charge on any atom is -0.290 e. The molecule has 0 radical (unpaired) electrons. The van der Waals surface area contributed by atoms with Crippen molar-refractivity contribution in [2.75, 3.05) is 5.32 Å². The number of rotatable bonds is 5. The molecule has 0 atom stereocenters. The largest absolute Gasteiger partial charge is 0.290 e. The van der Waals surface area contributed by atoms with Crippen molar-refractivity contribution in [3.8, 4) is 0 Å². The van der Waals surface area contributed by atoms with Gasteiger partial charge in [-0.25, -0.2) is 0 Å². The third-order valence-electron chi connectivity index (χ3n) is 4.11. The van der Waals surface area contributed by atoms with Crippen LogP contribution < -0.4 is 5.32 Å². The Morgan fingerprint density at radius 2 is 1.70 bits per heavy atom. The summed E-state index contributed by atoms with van der Waals surface area (Å²) in [6, 6.07) is 19.0. The fraction of sp³-hybridized carbons (Fsp3) is 0.100. The highest BCUT2D eigenvalue weighted by Crippen LogP contribution is 2.21. The first-order valence-corrected chi connectivity index (χ1v) is 8.88. The van der Waals surface area contributed by atoms with Crippen molar-refractivity contribution in [2.24, 2.45) is 0 Å². The fourth-order valence-corrected chi connectivity index (χ4v) is 2.95. The molecule has 1 amide bonds. The molecule has 0 aliphatic heterocycles. The number of hydrogen-bond donors (Lipinski definition) is 1. The van der Waals surface area contributed by atoms with Gasteiger partial charge in [-0.05, 0) is 24.1 Å². The highest BCUT2D eigenvalue weighted by molar-refractivity contribution is 6.34. The summed E-state index contributed by atoms with van der Waals surface area (Å²) in [5.41, 5.74) is 2.20. The second-order valence-electron chi connectivity index (χ2n) is 6.02. The molecule has 1 N–H and O–H groups in total. The van der Waals surface area contributed by atoms with Gasteiger partial charge in [0.25, 0.3) is 5.91 Å². The number of aryl methyl sites for hydroxylation is 2. The lowest BCUT2D eigenvalue weighted by Gasteiger charge is -2.03. The van der Waals surface area contributed by atoms with Gasteiger partial charge in [0.1, 0.15) is 5.15 Å². The van der Waals surface area contributed by atoms with Gasteiger partial charge in [-0.3, -0.25) is 14.8 Å². The van der Waals surface area contributed by atoms with Gasteiger partial charge in [0, 0.05) is 18.3 Å². The maximum atomic E-state index is 12.3. The van der Waals surface area contributed by atoms with E-state index in [4.69, 9.17) is 11.6 Å². The lowest BCUT2D eigenvalue weighted by atomic mass is 10.1. The van der Waals surface area contributed by atoms with E-state index in [9.17, 15) is 4.79 Å². The van der Waals surface area contributed by atoms with Crippen molar-refractivity contribution in [3.63, 3.8) is 0 Å². The van der Waals surface area contributed by atoms with Crippen LogP contribution in [0.15, 0.2) is 66.9 Å². The number of amides is 1. The van der Waals surface area contributed by atoms with Crippen LogP contribution in [0.3, 0.4) is 0 Å². The van der Waals surface area contributed by atoms with Gasteiger partial charge in [-0.2, -0.15) is 15.1 Å². The second-order valence-corrected chi connectivity index (χ2v) is 6.38. The summed E-state index contributed by atoms with van der Waals surface area (Å²) in [7, 11) is 0. The van der Waals surface area contributed by atoms with Crippen LogP contribution in [0.25, 0.3) is 11.0 Å². The average molecular weight is 378 g/mol. The number of halogens is 1. The zero-order chi connectivity index (χ0) is 18.6. The van der Waals surface area contributed by atoms with Crippen LogP contribution in [-0.2, 0) is 13.0 Å². The van der Waals surface area contributed by atoms with Gasteiger partial charge in [0.05, 0.1) is 5.39 Å². The quantitative estimate of drug-likeness (QED) is 0.534. The van der Waals surface area contributed by atoms with E-state index in [1.807, 2.05) is 30.5 Å². The Kier molecular flexibility index (Phi) is 4.80.